The van der Waals surface area contributed by atoms with Gasteiger partial charge >= 0.3 is 11.9 Å². The summed E-state index contributed by atoms with van der Waals surface area (Å²) in [6, 6.07) is 11.7. The highest BCUT2D eigenvalue weighted by atomic mass is 16.5. The van der Waals surface area contributed by atoms with Crippen molar-refractivity contribution in [1.29, 1.82) is 0 Å². The van der Waals surface area contributed by atoms with Crippen molar-refractivity contribution in [2.24, 2.45) is 0 Å². The molecule has 4 unspecified atom stereocenters. The highest BCUT2D eigenvalue weighted by Crippen LogP contribution is 2.35. The van der Waals surface area contributed by atoms with E-state index in [-0.39, 0.29) is 48.9 Å². The first-order valence-electron chi connectivity index (χ1n) is 23.9. The van der Waals surface area contributed by atoms with Gasteiger partial charge in [-0.3, -0.25) is 14.4 Å². The summed E-state index contributed by atoms with van der Waals surface area (Å²) in [5.41, 5.74) is 0.621. The monoisotopic (exact) mass is 913 g/mol. The average Bonchev–Trinajstić information content (AvgIpc) is 3.28. The smallest absolute Gasteiger partial charge is 0.302 e. The number of carbonyl (C=O) groups excluding carboxylic acids is 3. The number of aliphatic hydroxyl groups excluding tert-OH is 4. The van der Waals surface area contributed by atoms with Crippen LogP contribution in [-0.2, 0) is 19.1 Å². The van der Waals surface area contributed by atoms with Gasteiger partial charge in [0.2, 0.25) is 5.78 Å². The molecule has 2 aromatic rings. The summed E-state index contributed by atoms with van der Waals surface area (Å²) in [5, 5.41) is 48.8. The molecule has 0 aromatic heterocycles. The van der Waals surface area contributed by atoms with E-state index >= 15 is 0 Å². The first-order chi connectivity index (χ1) is 31.3. The van der Waals surface area contributed by atoms with Crippen LogP contribution in [0.15, 0.2) is 55.1 Å². The minimum Gasteiger partial charge on any atom is -0.507 e. The lowest BCUT2D eigenvalue weighted by Gasteiger charge is -2.15. The van der Waals surface area contributed by atoms with Crippen molar-refractivity contribution in [3.05, 3.63) is 66.2 Å². The van der Waals surface area contributed by atoms with E-state index in [9.17, 15) is 39.9 Å². The second-order valence-corrected chi connectivity index (χ2v) is 16.6. The van der Waals surface area contributed by atoms with Gasteiger partial charge < -0.3 is 44.5 Å². The van der Waals surface area contributed by atoms with E-state index in [4.69, 9.17) is 25.4 Å². The molecule has 0 aliphatic heterocycles. The number of esters is 2. The molecule has 0 bridgehead atoms. The molecule has 0 fully saturated rings. The fourth-order valence-electron chi connectivity index (χ4n) is 6.99. The molecule has 0 aliphatic rings. The van der Waals surface area contributed by atoms with Gasteiger partial charge in [-0.25, -0.2) is 0 Å². The number of aromatic hydroxyl groups is 1. The van der Waals surface area contributed by atoms with Crippen LogP contribution in [0.4, 0.5) is 0 Å². The van der Waals surface area contributed by atoms with Crippen molar-refractivity contribution in [3.8, 4) is 29.6 Å². The third kappa shape index (κ3) is 34.6. The van der Waals surface area contributed by atoms with E-state index in [0.29, 0.717) is 24.2 Å². The molecular weight excluding hydrogens is 829 g/mol. The van der Waals surface area contributed by atoms with Gasteiger partial charge in [-0.2, -0.15) is 0 Å². The first kappa shape index (κ1) is 60.6. The van der Waals surface area contributed by atoms with Gasteiger partial charge in [0.05, 0.1) is 38.6 Å². The zero-order valence-corrected chi connectivity index (χ0v) is 40.2. The van der Waals surface area contributed by atoms with Gasteiger partial charge in [-0.15, -0.1) is 18.9 Å². The van der Waals surface area contributed by atoms with E-state index in [0.717, 1.165) is 44.9 Å². The van der Waals surface area contributed by atoms with E-state index in [2.05, 4.69) is 12.5 Å². The van der Waals surface area contributed by atoms with E-state index in [1.165, 1.54) is 118 Å². The van der Waals surface area contributed by atoms with Crippen LogP contribution in [0.1, 0.15) is 184 Å². The third-order valence-corrected chi connectivity index (χ3v) is 10.6. The number of benzene rings is 2. The molecule has 5 N–H and O–H groups in total. The lowest BCUT2D eigenvalue weighted by molar-refractivity contribution is -0.145. The highest BCUT2D eigenvalue weighted by Gasteiger charge is 2.20. The second kappa shape index (κ2) is 41.1. The van der Waals surface area contributed by atoms with Crippen LogP contribution in [0, 0.1) is 12.3 Å². The molecule has 0 heterocycles. The molecule has 65 heavy (non-hydrogen) atoms. The highest BCUT2D eigenvalue weighted by molar-refractivity contribution is 6.12. The minimum atomic E-state index is -0.775. The number of allylic oxidation sites excluding steroid dienone is 1. The summed E-state index contributed by atoms with van der Waals surface area (Å²) in [6.45, 7) is 6.28. The molecule has 0 aliphatic carbocycles. The van der Waals surface area contributed by atoms with Crippen LogP contribution in [0.25, 0.3) is 0 Å². The molecule has 368 valence electrons. The summed E-state index contributed by atoms with van der Waals surface area (Å²) in [4.78, 5) is 33.6. The molecule has 4 atom stereocenters. The summed E-state index contributed by atoms with van der Waals surface area (Å²) >= 11 is 0. The fraction of sp³-hybridized carbons (Fsp3) is 0.642. The lowest BCUT2D eigenvalue weighted by atomic mass is 10.0. The molecule has 0 saturated heterocycles. The van der Waals surface area contributed by atoms with Crippen molar-refractivity contribution >= 4 is 17.7 Å². The molecule has 2 rings (SSSR count). The normalized spacial score (nSPS) is 12.4. The number of rotatable bonds is 35. The number of hydrogen-bond donors (Lipinski definition) is 5. The number of methoxy groups -OCH3 is 2. The summed E-state index contributed by atoms with van der Waals surface area (Å²) in [7, 11) is 2.92. The van der Waals surface area contributed by atoms with Crippen LogP contribution in [0.5, 0.6) is 17.2 Å². The number of ether oxygens (including phenoxy) is 4. The average molecular weight is 913 g/mol. The number of unbranched alkanes of at least 4 members (excludes halogenated alkanes) is 18. The number of hydrogen-bond acceptors (Lipinski definition) is 12. The molecule has 0 spiro atoms. The number of phenolic OH excluding ortho intramolecular Hbond substituents is 1. The molecule has 0 saturated carbocycles. The van der Waals surface area contributed by atoms with Crippen molar-refractivity contribution in [1.82, 2.24) is 0 Å². The summed E-state index contributed by atoms with van der Waals surface area (Å²) < 4.78 is 19.6. The molecule has 12 heteroatoms. The Morgan fingerprint density at radius 2 is 1.06 bits per heavy atom. The predicted molar refractivity (Wildman–Crippen MR) is 258 cm³/mol. The topological polar surface area (TPSA) is 189 Å². The minimum absolute atomic E-state index is 0.0286. The Morgan fingerprint density at radius 3 is 1.46 bits per heavy atom. The van der Waals surface area contributed by atoms with Crippen molar-refractivity contribution in [2.45, 2.75) is 192 Å². The van der Waals surface area contributed by atoms with Gasteiger partial charge in [0.25, 0.3) is 0 Å². The Labute approximate surface area is 391 Å². The fourth-order valence-corrected chi connectivity index (χ4v) is 6.99. The largest absolute Gasteiger partial charge is 0.507 e. The van der Waals surface area contributed by atoms with E-state index < -0.39 is 36.4 Å². The van der Waals surface area contributed by atoms with Crippen LogP contribution >= 0.6 is 0 Å². The first-order valence-corrected chi connectivity index (χ1v) is 23.9. The zero-order valence-electron chi connectivity index (χ0n) is 40.2. The van der Waals surface area contributed by atoms with Gasteiger partial charge in [0.1, 0.15) is 36.0 Å². The van der Waals surface area contributed by atoms with E-state index in [1.54, 1.807) is 30.3 Å². The Balaban J connectivity index is 0.000000949. The number of terminal acetylenes is 1. The predicted octanol–water partition coefficient (Wildman–Crippen LogP) is 10.4. The zero-order chi connectivity index (χ0) is 48.5. The van der Waals surface area contributed by atoms with Crippen molar-refractivity contribution in [2.75, 3.05) is 27.4 Å². The third-order valence-electron chi connectivity index (χ3n) is 10.6. The Kier molecular flexibility index (Phi) is 38.3. The SMILES string of the molecule is C#CCCCCCCCCCCCC(O)CC(O)COC(C)=O.C=CCCCCCCCCCCCC(O)CC(O)COC(C)=O.COc1cc(O)c(C(=O)c2ccccc2)c(OC)c1. The maximum atomic E-state index is 12.4. The molecule has 12 nitrogen and oxygen atoms in total. The quantitative estimate of drug-likeness (QED) is 0.0145. The Bertz CT molecular complexity index is 1560. The molecule has 0 amide bonds. The summed E-state index contributed by atoms with van der Waals surface area (Å²) in [5.74, 6) is 2.11. The Hall–Kier alpha value is -4.41. The van der Waals surface area contributed by atoms with E-state index in [1.807, 2.05) is 12.1 Å². The maximum absolute atomic E-state index is 12.4. The van der Waals surface area contributed by atoms with Crippen molar-refractivity contribution < 1.29 is 58.9 Å². The number of aliphatic hydroxyl groups is 4. The van der Waals surface area contributed by atoms with Gasteiger partial charge in [-0.05, 0) is 32.1 Å². The van der Waals surface area contributed by atoms with Crippen LogP contribution in [-0.4, -0.2) is 95.1 Å². The number of carbonyl (C=O) groups is 3. The van der Waals surface area contributed by atoms with Gasteiger partial charge in [0, 0.05) is 50.8 Å². The molecule has 0 radical (unpaired) electrons. The number of ketones is 1. The van der Waals surface area contributed by atoms with Gasteiger partial charge in [0.15, 0.2) is 0 Å². The second-order valence-electron chi connectivity index (χ2n) is 16.6. The van der Waals surface area contributed by atoms with Gasteiger partial charge in [-0.1, -0.05) is 139 Å². The van der Waals surface area contributed by atoms with Crippen LogP contribution in [0.2, 0.25) is 0 Å². The maximum Gasteiger partial charge on any atom is 0.302 e. The lowest BCUT2D eigenvalue weighted by Crippen LogP contribution is -2.23. The van der Waals surface area contributed by atoms with Crippen LogP contribution in [0.3, 0.4) is 0 Å². The summed E-state index contributed by atoms with van der Waals surface area (Å²) in [6.07, 6.45) is 30.5. The van der Waals surface area contributed by atoms with Crippen LogP contribution < -0.4 is 9.47 Å². The van der Waals surface area contributed by atoms with Crippen molar-refractivity contribution in [3.63, 3.8) is 0 Å². The standard InChI is InChI=1S/C19H36O4.C19H34O4.C15H14O4/c2*1-3-4-5-6-7-8-9-10-11-12-13-14-18(21)15-19(22)16-23-17(2)20;1-18-11-8-12(16)14(13(9-11)19-2)15(17)10-6-4-3-5-7-10/h3,18-19,21-22H,1,4-16H2,2H3;1,18-19,21-22H,4-16H2,2H3;3-9,16H,1-2H3. The molecular formula is C53H84O12. The number of phenols is 1. The molecule has 2 aromatic carbocycles. The Morgan fingerprint density at radius 1 is 0.631 bits per heavy atom.